The van der Waals surface area contributed by atoms with Crippen LogP contribution in [0.2, 0.25) is 0 Å². The van der Waals surface area contributed by atoms with E-state index in [-0.39, 0.29) is 5.92 Å². The van der Waals surface area contributed by atoms with Crippen LogP contribution < -0.4 is 5.32 Å². The maximum absolute atomic E-state index is 11.8. The Kier molecular flexibility index (Phi) is 4.62. The van der Waals surface area contributed by atoms with Gasteiger partial charge in [0.15, 0.2) is 0 Å². The fourth-order valence-corrected chi connectivity index (χ4v) is 1.65. The van der Waals surface area contributed by atoms with Gasteiger partial charge in [0.05, 0.1) is 0 Å². The van der Waals surface area contributed by atoms with Crippen LogP contribution in [0.15, 0.2) is 22.9 Å². The average molecular weight is 301 g/mol. The minimum Gasteiger partial charge on any atom is -0.480 e. The van der Waals surface area contributed by atoms with E-state index in [1.807, 2.05) is 0 Å². The average Bonchev–Trinajstić information content (AvgIpc) is 2.24. The summed E-state index contributed by atoms with van der Waals surface area (Å²) in [6.45, 7) is 3.48. The highest BCUT2D eigenvalue weighted by molar-refractivity contribution is 9.10. The third kappa shape index (κ3) is 3.81. The Labute approximate surface area is 107 Å². The number of aromatic nitrogens is 1. The number of carboxylic acid groups (broad SMARTS) is 1. The molecule has 0 aromatic carbocycles. The molecule has 5 nitrogen and oxygen atoms in total. The highest BCUT2D eigenvalue weighted by Crippen LogP contribution is 2.09. The number of pyridine rings is 1. The quantitative estimate of drug-likeness (QED) is 0.829. The minimum atomic E-state index is -1.04. The van der Waals surface area contributed by atoms with Gasteiger partial charge in [-0.15, -0.1) is 0 Å². The summed E-state index contributed by atoms with van der Waals surface area (Å²) in [4.78, 5) is 26.6. The van der Waals surface area contributed by atoms with Gasteiger partial charge in [-0.3, -0.25) is 4.79 Å². The van der Waals surface area contributed by atoms with Gasteiger partial charge in [-0.2, -0.15) is 0 Å². The largest absolute Gasteiger partial charge is 0.480 e. The van der Waals surface area contributed by atoms with E-state index in [9.17, 15) is 9.59 Å². The number of carbonyl (C=O) groups is 2. The van der Waals surface area contributed by atoms with E-state index >= 15 is 0 Å². The molecule has 2 N–H and O–H groups in total. The first kappa shape index (κ1) is 13.6. The monoisotopic (exact) mass is 300 g/mol. The molecule has 1 heterocycles. The van der Waals surface area contributed by atoms with Gasteiger partial charge in [0, 0.05) is 11.8 Å². The Bertz CT molecular complexity index is 434. The fourth-order valence-electron chi connectivity index (χ4n) is 1.28. The first-order valence-electron chi connectivity index (χ1n) is 5.07. The molecule has 1 atom stereocenters. The molecular weight excluding hydrogens is 288 g/mol. The van der Waals surface area contributed by atoms with E-state index < -0.39 is 17.9 Å². The van der Waals surface area contributed by atoms with Gasteiger partial charge in [-0.1, -0.05) is 13.8 Å². The Morgan fingerprint density at radius 1 is 1.47 bits per heavy atom. The second-order valence-corrected chi connectivity index (χ2v) is 4.71. The molecule has 0 bridgehead atoms. The molecule has 0 unspecified atom stereocenters. The van der Waals surface area contributed by atoms with Crippen molar-refractivity contribution in [3.05, 3.63) is 28.5 Å². The van der Waals surface area contributed by atoms with E-state index in [0.29, 0.717) is 10.2 Å². The first-order chi connectivity index (χ1) is 7.91. The molecule has 1 aromatic rings. The number of nitrogens with zero attached hydrogens (tertiary/aromatic N) is 1. The normalized spacial score (nSPS) is 12.2. The number of hydrogen-bond acceptors (Lipinski definition) is 3. The summed E-state index contributed by atoms with van der Waals surface area (Å²) >= 11 is 3.15. The van der Waals surface area contributed by atoms with Crippen molar-refractivity contribution in [3.8, 4) is 0 Å². The fraction of sp³-hybridized carbons (Fsp3) is 0.364. The van der Waals surface area contributed by atoms with Crippen molar-refractivity contribution < 1.29 is 14.7 Å². The molecule has 0 aliphatic heterocycles. The Hall–Kier alpha value is -1.43. The molecule has 1 rings (SSSR count). The van der Waals surface area contributed by atoms with Crippen molar-refractivity contribution in [2.75, 3.05) is 0 Å². The van der Waals surface area contributed by atoms with E-state index in [0.717, 1.165) is 0 Å². The Morgan fingerprint density at radius 2 is 2.12 bits per heavy atom. The van der Waals surface area contributed by atoms with Crippen molar-refractivity contribution in [2.45, 2.75) is 19.9 Å². The second-order valence-electron chi connectivity index (χ2n) is 3.90. The van der Waals surface area contributed by atoms with Crippen molar-refractivity contribution >= 4 is 27.8 Å². The van der Waals surface area contributed by atoms with Crippen molar-refractivity contribution in [3.63, 3.8) is 0 Å². The number of rotatable bonds is 4. The van der Waals surface area contributed by atoms with Crippen LogP contribution in [0.3, 0.4) is 0 Å². The van der Waals surface area contributed by atoms with Crippen LogP contribution in [0.1, 0.15) is 24.2 Å². The van der Waals surface area contributed by atoms with Crippen LogP contribution in [-0.2, 0) is 4.79 Å². The van der Waals surface area contributed by atoms with Crippen LogP contribution in [0.4, 0.5) is 0 Å². The lowest BCUT2D eigenvalue weighted by Gasteiger charge is -2.17. The summed E-state index contributed by atoms with van der Waals surface area (Å²) < 4.78 is 0.529. The molecule has 92 valence electrons. The summed E-state index contributed by atoms with van der Waals surface area (Å²) in [6, 6.07) is 2.17. The summed E-state index contributed by atoms with van der Waals surface area (Å²) in [5.74, 6) is -1.64. The summed E-state index contributed by atoms with van der Waals surface area (Å²) in [5, 5.41) is 11.4. The number of aliphatic carboxylic acids is 1. The third-order valence-corrected chi connectivity index (χ3v) is 2.64. The molecule has 0 fully saturated rings. The van der Waals surface area contributed by atoms with Crippen LogP contribution in [-0.4, -0.2) is 28.0 Å². The van der Waals surface area contributed by atoms with Crippen LogP contribution in [0, 0.1) is 5.92 Å². The highest BCUT2D eigenvalue weighted by atomic mass is 79.9. The first-order valence-corrected chi connectivity index (χ1v) is 5.86. The number of halogens is 1. The minimum absolute atomic E-state index is 0.179. The van der Waals surface area contributed by atoms with Crippen LogP contribution in [0.25, 0.3) is 0 Å². The number of carboxylic acids is 1. The summed E-state index contributed by atoms with van der Waals surface area (Å²) in [6.07, 6.45) is 1.48. The van der Waals surface area contributed by atoms with E-state index in [1.165, 1.54) is 18.3 Å². The SMILES string of the molecule is CC(C)[C@H](NC(=O)c1ccnc(Br)c1)C(=O)O. The van der Waals surface area contributed by atoms with Gasteiger partial charge in [-0.25, -0.2) is 9.78 Å². The molecular formula is C11H13BrN2O3. The molecule has 0 radical (unpaired) electrons. The van der Waals surface area contributed by atoms with Crippen LogP contribution in [0.5, 0.6) is 0 Å². The maximum atomic E-state index is 11.8. The van der Waals surface area contributed by atoms with Gasteiger partial charge in [0.2, 0.25) is 0 Å². The number of carbonyl (C=O) groups excluding carboxylic acids is 1. The zero-order chi connectivity index (χ0) is 13.0. The summed E-state index contributed by atoms with van der Waals surface area (Å²) in [7, 11) is 0. The van der Waals surface area contributed by atoms with E-state index in [4.69, 9.17) is 5.11 Å². The smallest absolute Gasteiger partial charge is 0.326 e. The molecule has 6 heteroatoms. The maximum Gasteiger partial charge on any atom is 0.326 e. The lowest BCUT2D eigenvalue weighted by molar-refractivity contribution is -0.140. The lowest BCUT2D eigenvalue weighted by atomic mass is 10.0. The molecule has 17 heavy (non-hydrogen) atoms. The van der Waals surface area contributed by atoms with Crippen molar-refractivity contribution in [2.24, 2.45) is 5.92 Å². The van der Waals surface area contributed by atoms with Gasteiger partial charge in [-0.05, 0) is 34.0 Å². The number of hydrogen-bond donors (Lipinski definition) is 2. The van der Waals surface area contributed by atoms with Crippen LogP contribution >= 0.6 is 15.9 Å². The molecule has 0 saturated heterocycles. The third-order valence-electron chi connectivity index (χ3n) is 2.21. The molecule has 1 aromatic heterocycles. The molecule has 1 amide bonds. The second kappa shape index (κ2) is 5.77. The topological polar surface area (TPSA) is 79.3 Å². The lowest BCUT2D eigenvalue weighted by Crippen LogP contribution is -2.44. The molecule has 0 aliphatic rings. The predicted molar refractivity (Wildman–Crippen MR) is 65.7 cm³/mol. The van der Waals surface area contributed by atoms with E-state index in [1.54, 1.807) is 13.8 Å². The predicted octanol–water partition coefficient (Wildman–Crippen LogP) is 1.68. The number of nitrogens with one attached hydrogen (secondary N) is 1. The standard InChI is InChI=1S/C11H13BrN2O3/c1-6(2)9(11(16)17)14-10(15)7-3-4-13-8(12)5-7/h3-6,9H,1-2H3,(H,14,15)(H,16,17)/t9-/m0/s1. The molecule has 0 spiro atoms. The summed E-state index contributed by atoms with van der Waals surface area (Å²) in [5.41, 5.74) is 0.374. The van der Waals surface area contributed by atoms with Gasteiger partial charge >= 0.3 is 5.97 Å². The van der Waals surface area contributed by atoms with E-state index in [2.05, 4.69) is 26.2 Å². The van der Waals surface area contributed by atoms with Crippen molar-refractivity contribution in [1.82, 2.24) is 10.3 Å². The zero-order valence-corrected chi connectivity index (χ0v) is 11.1. The van der Waals surface area contributed by atoms with Crippen molar-refractivity contribution in [1.29, 1.82) is 0 Å². The molecule has 0 aliphatic carbocycles. The van der Waals surface area contributed by atoms with Gasteiger partial charge < -0.3 is 10.4 Å². The Morgan fingerprint density at radius 3 is 2.59 bits per heavy atom. The Balaban J connectivity index is 2.81. The zero-order valence-electron chi connectivity index (χ0n) is 9.48. The van der Waals surface area contributed by atoms with Gasteiger partial charge in [0.25, 0.3) is 5.91 Å². The molecule has 0 saturated carbocycles. The van der Waals surface area contributed by atoms with Gasteiger partial charge in [0.1, 0.15) is 10.6 Å². The highest BCUT2D eigenvalue weighted by Gasteiger charge is 2.23. The number of amides is 1.